The number of nitrogens with zero attached hydrogens (tertiary/aromatic N) is 2. The van der Waals surface area contributed by atoms with Gasteiger partial charge in [-0.3, -0.25) is 4.68 Å². The fourth-order valence-electron chi connectivity index (χ4n) is 2.06. The quantitative estimate of drug-likeness (QED) is 0.808. The Balaban J connectivity index is 3.28. The molecule has 18 heavy (non-hydrogen) atoms. The summed E-state index contributed by atoms with van der Waals surface area (Å²) in [6, 6.07) is 0. The predicted molar refractivity (Wildman–Crippen MR) is 69.7 cm³/mol. The SMILES string of the molecule is CCCn1ncc(OC)c1C(O)(COC)C(C)C. The lowest BCUT2D eigenvalue weighted by molar-refractivity contribution is -0.0773. The molecule has 5 nitrogen and oxygen atoms in total. The van der Waals surface area contributed by atoms with Gasteiger partial charge in [0.1, 0.15) is 11.3 Å². The molecule has 1 N–H and O–H groups in total. The molecule has 0 amide bonds. The van der Waals surface area contributed by atoms with Crippen molar-refractivity contribution in [2.24, 2.45) is 5.92 Å². The number of hydrogen-bond donors (Lipinski definition) is 1. The molecule has 0 aliphatic heterocycles. The first-order valence-corrected chi connectivity index (χ1v) is 6.32. The molecule has 1 unspecified atom stereocenters. The van der Waals surface area contributed by atoms with E-state index in [1.165, 1.54) is 0 Å². The van der Waals surface area contributed by atoms with Gasteiger partial charge in [-0.1, -0.05) is 20.8 Å². The number of hydrogen-bond acceptors (Lipinski definition) is 4. The van der Waals surface area contributed by atoms with Crippen molar-refractivity contribution in [3.8, 4) is 5.75 Å². The molecule has 0 saturated carbocycles. The highest BCUT2D eigenvalue weighted by molar-refractivity contribution is 5.31. The fourth-order valence-corrected chi connectivity index (χ4v) is 2.06. The molecule has 0 aliphatic rings. The van der Waals surface area contributed by atoms with Gasteiger partial charge < -0.3 is 14.6 Å². The maximum Gasteiger partial charge on any atom is 0.163 e. The number of aromatic nitrogens is 2. The minimum Gasteiger partial charge on any atom is -0.493 e. The zero-order valence-corrected chi connectivity index (χ0v) is 11.9. The van der Waals surface area contributed by atoms with Crippen molar-refractivity contribution in [2.45, 2.75) is 39.3 Å². The molecular formula is C13H24N2O3. The summed E-state index contributed by atoms with van der Waals surface area (Å²) in [5, 5.41) is 15.2. The number of methoxy groups -OCH3 is 2. The van der Waals surface area contributed by atoms with Crippen molar-refractivity contribution in [3.63, 3.8) is 0 Å². The summed E-state index contributed by atoms with van der Waals surface area (Å²) in [7, 11) is 3.17. The molecule has 1 aromatic rings. The molecule has 0 bridgehead atoms. The van der Waals surface area contributed by atoms with E-state index in [9.17, 15) is 5.11 Å². The summed E-state index contributed by atoms with van der Waals surface area (Å²) >= 11 is 0. The smallest absolute Gasteiger partial charge is 0.163 e. The van der Waals surface area contributed by atoms with Crippen LogP contribution in [-0.4, -0.2) is 35.7 Å². The van der Waals surface area contributed by atoms with Crippen LogP contribution in [-0.2, 0) is 16.9 Å². The van der Waals surface area contributed by atoms with Crippen LogP contribution in [0.4, 0.5) is 0 Å². The fraction of sp³-hybridized carbons (Fsp3) is 0.769. The second-order valence-corrected chi connectivity index (χ2v) is 4.80. The third-order valence-corrected chi connectivity index (χ3v) is 3.19. The molecule has 104 valence electrons. The van der Waals surface area contributed by atoms with Crippen LogP contribution in [0, 0.1) is 5.92 Å². The summed E-state index contributed by atoms with van der Waals surface area (Å²) < 4.78 is 12.3. The molecule has 1 heterocycles. The Labute approximate surface area is 109 Å². The van der Waals surface area contributed by atoms with Crippen LogP contribution in [0.5, 0.6) is 5.75 Å². The monoisotopic (exact) mass is 256 g/mol. The molecule has 1 rings (SSSR count). The third kappa shape index (κ3) is 2.67. The highest BCUT2D eigenvalue weighted by atomic mass is 16.5. The van der Waals surface area contributed by atoms with Gasteiger partial charge in [0.2, 0.25) is 0 Å². The lowest BCUT2D eigenvalue weighted by Gasteiger charge is -2.32. The zero-order chi connectivity index (χ0) is 13.8. The van der Waals surface area contributed by atoms with Gasteiger partial charge in [0.05, 0.1) is 19.9 Å². The van der Waals surface area contributed by atoms with Crippen molar-refractivity contribution in [3.05, 3.63) is 11.9 Å². The molecule has 1 atom stereocenters. The second kappa shape index (κ2) is 6.20. The summed E-state index contributed by atoms with van der Waals surface area (Å²) in [4.78, 5) is 0. The zero-order valence-electron chi connectivity index (χ0n) is 11.9. The Morgan fingerprint density at radius 3 is 2.56 bits per heavy atom. The van der Waals surface area contributed by atoms with Gasteiger partial charge in [-0.05, 0) is 12.3 Å². The van der Waals surface area contributed by atoms with Crippen LogP contribution < -0.4 is 4.74 Å². The number of aryl methyl sites for hydroxylation is 1. The Kier molecular flexibility index (Phi) is 5.16. The maximum atomic E-state index is 10.9. The van der Waals surface area contributed by atoms with Gasteiger partial charge in [0.15, 0.2) is 5.75 Å². The van der Waals surface area contributed by atoms with Crippen LogP contribution >= 0.6 is 0 Å². The van der Waals surface area contributed by atoms with E-state index in [0.29, 0.717) is 11.4 Å². The predicted octanol–water partition coefficient (Wildman–Crippen LogP) is 1.79. The Hall–Kier alpha value is -1.07. The van der Waals surface area contributed by atoms with Gasteiger partial charge in [0.25, 0.3) is 0 Å². The van der Waals surface area contributed by atoms with E-state index in [0.717, 1.165) is 13.0 Å². The molecule has 0 aliphatic carbocycles. The van der Waals surface area contributed by atoms with E-state index in [1.807, 2.05) is 13.8 Å². The van der Waals surface area contributed by atoms with Crippen LogP contribution in [0.1, 0.15) is 32.9 Å². The van der Waals surface area contributed by atoms with E-state index in [1.54, 1.807) is 25.1 Å². The van der Waals surface area contributed by atoms with Crippen LogP contribution in [0.2, 0.25) is 0 Å². The molecule has 5 heteroatoms. The van der Waals surface area contributed by atoms with Gasteiger partial charge in [0, 0.05) is 13.7 Å². The van der Waals surface area contributed by atoms with Crippen molar-refractivity contribution in [1.29, 1.82) is 0 Å². The largest absolute Gasteiger partial charge is 0.493 e. The third-order valence-electron chi connectivity index (χ3n) is 3.19. The van der Waals surface area contributed by atoms with E-state index < -0.39 is 5.60 Å². The number of ether oxygens (including phenoxy) is 2. The molecule has 0 spiro atoms. The van der Waals surface area contributed by atoms with E-state index in [2.05, 4.69) is 12.0 Å². The van der Waals surface area contributed by atoms with Gasteiger partial charge in [-0.15, -0.1) is 0 Å². The second-order valence-electron chi connectivity index (χ2n) is 4.80. The van der Waals surface area contributed by atoms with E-state index in [4.69, 9.17) is 9.47 Å². The normalized spacial score (nSPS) is 14.8. The first kappa shape index (κ1) is 15.0. The number of rotatable bonds is 7. The van der Waals surface area contributed by atoms with Crippen molar-refractivity contribution >= 4 is 0 Å². The first-order chi connectivity index (χ1) is 8.51. The average molecular weight is 256 g/mol. The summed E-state index contributed by atoms with van der Waals surface area (Å²) in [5.74, 6) is 0.607. The number of aliphatic hydroxyl groups is 1. The highest BCUT2D eigenvalue weighted by Gasteiger charge is 2.39. The first-order valence-electron chi connectivity index (χ1n) is 6.32. The standard InChI is InChI=1S/C13H24N2O3/c1-6-7-15-12(11(18-5)8-14-15)13(16,9-17-4)10(2)3/h8,10,16H,6-7,9H2,1-5H3. The highest BCUT2D eigenvalue weighted by Crippen LogP contribution is 2.36. The van der Waals surface area contributed by atoms with Crippen molar-refractivity contribution < 1.29 is 14.6 Å². The van der Waals surface area contributed by atoms with Gasteiger partial charge in [-0.25, -0.2) is 0 Å². The van der Waals surface area contributed by atoms with Crippen molar-refractivity contribution in [2.75, 3.05) is 20.8 Å². The van der Waals surface area contributed by atoms with Crippen LogP contribution in [0.3, 0.4) is 0 Å². The van der Waals surface area contributed by atoms with Crippen LogP contribution in [0.15, 0.2) is 6.20 Å². The van der Waals surface area contributed by atoms with Crippen LogP contribution in [0.25, 0.3) is 0 Å². The van der Waals surface area contributed by atoms with E-state index >= 15 is 0 Å². The van der Waals surface area contributed by atoms with E-state index in [-0.39, 0.29) is 12.5 Å². The lowest BCUT2D eigenvalue weighted by atomic mass is 9.87. The minimum atomic E-state index is -1.09. The van der Waals surface area contributed by atoms with Gasteiger partial charge >= 0.3 is 0 Å². The molecular weight excluding hydrogens is 232 g/mol. The minimum absolute atomic E-state index is 0.00124. The topological polar surface area (TPSA) is 56.5 Å². The molecule has 0 radical (unpaired) electrons. The molecule has 1 aromatic heterocycles. The lowest BCUT2D eigenvalue weighted by Crippen LogP contribution is -2.39. The Bertz CT molecular complexity index is 376. The molecule has 0 saturated heterocycles. The summed E-state index contributed by atoms with van der Waals surface area (Å²) in [6.45, 7) is 6.96. The Morgan fingerprint density at radius 1 is 1.44 bits per heavy atom. The average Bonchev–Trinajstić information content (AvgIpc) is 2.73. The molecule has 0 fully saturated rings. The Morgan fingerprint density at radius 2 is 2.11 bits per heavy atom. The summed E-state index contributed by atoms with van der Waals surface area (Å²) in [5.41, 5.74) is -0.394. The van der Waals surface area contributed by atoms with Gasteiger partial charge in [-0.2, -0.15) is 5.10 Å². The molecule has 0 aromatic carbocycles. The summed E-state index contributed by atoms with van der Waals surface area (Å²) in [6.07, 6.45) is 2.59. The van der Waals surface area contributed by atoms with Crippen molar-refractivity contribution in [1.82, 2.24) is 9.78 Å². The maximum absolute atomic E-state index is 10.9.